The largest absolute Gasteiger partial charge is 0.477 e. The highest BCUT2D eigenvalue weighted by Gasteiger charge is 2.09. The number of carbonyl (C=O) groups is 2. The van der Waals surface area contributed by atoms with E-state index in [4.69, 9.17) is 10.2 Å². The van der Waals surface area contributed by atoms with Crippen LogP contribution in [0.15, 0.2) is 12.4 Å². The van der Waals surface area contributed by atoms with Gasteiger partial charge in [0, 0.05) is 6.07 Å². The SMILES string of the molecule is CC.O=C(O)c1cc(C(=O)O)ncn1. The van der Waals surface area contributed by atoms with Gasteiger partial charge < -0.3 is 10.2 Å². The molecule has 14 heavy (non-hydrogen) atoms. The molecule has 2 N–H and O–H groups in total. The Bertz CT molecular complexity index is 309. The lowest BCUT2D eigenvalue weighted by atomic mass is 10.3. The van der Waals surface area contributed by atoms with Crippen LogP contribution in [0.4, 0.5) is 0 Å². The van der Waals surface area contributed by atoms with E-state index in [1.54, 1.807) is 0 Å². The van der Waals surface area contributed by atoms with Crippen LogP contribution in [0.3, 0.4) is 0 Å². The molecule has 0 radical (unpaired) electrons. The van der Waals surface area contributed by atoms with Crippen LogP contribution in [0.5, 0.6) is 0 Å². The van der Waals surface area contributed by atoms with Crippen LogP contribution < -0.4 is 0 Å². The molecule has 0 aliphatic carbocycles. The molecule has 6 heteroatoms. The summed E-state index contributed by atoms with van der Waals surface area (Å²) in [5.74, 6) is -2.56. The average molecular weight is 198 g/mol. The van der Waals surface area contributed by atoms with E-state index >= 15 is 0 Å². The summed E-state index contributed by atoms with van der Waals surface area (Å²) in [6, 6.07) is 0.894. The maximum atomic E-state index is 10.3. The van der Waals surface area contributed by atoms with Crippen molar-refractivity contribution >= 4 is 11.9 Å². The van der Waals surface area contributed by atoms with E-state index in [0.29, 0.717) is 0 Å². The van der Waals surface area contributed by atoms with Gasteiger partial charge in [0.05, 0.1) is 0 Å². The lowest BCUT2D eigenvalue weighted by molar-refractivity contribution is 0.0689. The molecular weight excluding hydrogens is 188 g/mol. The van der Waals surface area contributed by atoms with E-state index in [0.717, 1.165) is 12.4 Å². The van der Waals surface area contributed by atoms with Crippen LogP contribution >= 0.6 is 0 Å². The second kappa shape index (κ2) is 5.63. The minimum Gasteiger partial charge on any atom is -0.477 e. The zero-order valence-electron chi connectivity index (χ0n) is 7.76. The van der Waals surface area contributed by atoms with Gasteiger partial charge in [-0.05, 0) is 0 Å². The van der Waals surface area contributed by atoms with Gasteiger partial charge in [-0.25, -0.2) is 19.6 Å². The highest BCUT2D eigenvalue weighted by Crippen LogP contribution is 1.97. The molecule has 1 aromatic heterocycles. The predicted molar refractivity (Wildman–Crippen MR) is 47.3 cm³/mol. The van der Waals surface area contributed by atoms with Crippen molar-refractivity contribution in [2.45, 2.75) is 13.8 Å². The maximum Gasteiger partial charge on any atom is 0.354 e. The number of carboxylic acids is 2. The van der Waals surface area contributed by atoms with Gasteiger partial charge in [-0.1, -0.05) is 13.8 Å². The Morgan fingerprint density at radius 1 is 1.07 bits per heavy atom. The fourth-order valence-corrected chi connectivity index (χ4v) is 0.591. The smallest absolute Gasteiger partial charge is 0.354 e. The van der Waals surface area contributed by atoms with E-state index in [1.165, 1.54) is 0 Å². The van der Waals surface area contributed by atoms with Gasteiger partial charge in [-0.2, -0.15) is 0 Å². The summed E-state index contributed by atoms with van der Waals surface area (Å²) in [6.45, 7) is 4.00. The Kier molecular flexibility index (Phi) is 4.83. The molecule has 0 unspecified atom stereocenters. The van der Waals surface area contributed by atoms with Crippen molar-refractivity contribution in [3.05, 3.63) is 23.8 Å². The molecule has 0 amide bonds. The van der Waals surface area contributed by atoms with Crippen molar-refractivity contribution in [3.63, 3.8) is 0 Å². The Labute approximate surface area is 80.2 Å². The van der Waals surface area contributed by atoms with Crippen molar-refractivity contribution in [2.24, 2.45) is 0 Å². The van der Waals surface area contributed by atoms with Gasteiger partial charge in [0.25, 0.3) is 0 Å². The first-order chi connectivity index (χ1) is 6.61. The first-order valence-corrected chi connectivity index (χ1v) is 3.90. The minimum absolute atomic E-state index is 0.331. The number of hydrogen-bond acceptors (Lipinski definition) is 4. The molecule has 0 saturated carbocycles. The fraction of sp³-hybridized carbons (Fsp3) is 0.250. The summed E-state index contributed by atoms with van der Waals surface area (Å²) in [6.07, 6.45) is 0.896. The number of carboxylic acid groups (broad SMARTS) is 2. The van der Waals surface area contributed by atoms with E-state index in [-0.39, 0.29) is 11.4 Å². The van der Waals surface area contributed by atoms with E-state index < -0.39 is 11.9 Å². The monoisotopic (exact) mass is 198 g/mol. The number of nitrogens with zero attached hydrogens (tertiary/aromatic N) is 2. The highest BCUT2D eigenvalue weighted by molar-refractivity contribution is 5.90. The van der Waals surface area contributed by atoms with Crippen LogP contribution in [0.25, 0.3) is 0 Å². The molecule has 1 aromatic rings. The first-order valence-electron chi connectivity index (χ1n) is 3.90. The summed E-state index contributed by atoms with van der Waals surface area (Å²) in [5, 5.41) is 16.8. The van der Waals surface area contributed by atoms with Crippen LogP contribution in [0.2, 0.25) is 0 Å². The second-order valence-electron chi connectivity index (χ2n) is 1.90. The van der Waals surface area contributed by atoms with Gasteiger partial charge in [0.1, 0.15) is 6.33 Å². The number of aromatic carboxylic acids is 2. The summed E-state index contributed by atoms with van der Waals surface area (Å²) < 4.78 is 0. The average Bonchev–Trinajstić information content (AvgIpc) is 2.21. The minimum atomic E-state index is -1.28. The third-order valence-electron chi connectivity index (χ3n) is 1.11. The Morgan fingerprint density at radius 3 is 1.71 bits per heavy atom. The fourth-order valence-electron chi connectivity index (χ4n) is 0.591. The Morgan fingerprint density at radius 2 is 1.43 bits per heavy atom. The molecule has 76 valence electrons. The molecule has 0 fully saturated rings. The van der Waals surface area contributed by atoms with Crippen LogP contribution in [-0.4, -0.2) is 32.1 Å². The van der Waals surface area contributed by atoms with E-state index in [2.05, 4.69) is 9.97 Å². The molecule has 0 aliphatic rings. The molecule has 1 heterocycles. The molecule has 0 atom stereocenters. The summed E-state index contributed by atoms with van der Waals surface area (Å²) in [7, 11) is 0. The molecular formula is C8H10N2O4. The summed E-state index contributed by atoms with van der Waals surface area (Å²) >= 11 is 0. The van der Waals surface area contributed by atoms with Crippen molar-refractivity contribution in [1.29, 1.82) is 0 Å². The summed E-state index contributed by atoms with van der Waals surface area (Å²) in [4.78, 5) is 27.3. The Hall–Kier alpha value is -1.98. The topological polar surface area (TPSA) is 100 Å². The molecule has 0 aromatic carbocycles. The standard InChI is InChI=1S/C6H4N2O4.C2H6/c9-5(10)3-1-4(6(11)12)8-2-7-3;1-2/h1-2H,(H,9,10)(H,11,12);1-2H3. The molecule has 1 rings (SSSR count). The zero-order valence-corrected chi connectivity index (χ0v) is 7.76. The summed E-state index contributed by atoms with van der Waals surface area (Å²) in [5.41, 5.74) is -0.662. The van der Waals surface area contributed by atoms with Crippen LogP contribution in [0, 0.1) is 0 Å². The van der Waals surface area contributed by atoms with Gasteiger partial charge in [-0.15, -0.1) is 0 Å². The first kappa shape index (κ1) is 12.0. The predicted octanol–water partition coefficient (Wildman–Crippen LogP) is 0.899. The maximum absolute atomic E-state index is 10.3. The third kappa shape index (κ3) is 3.18. The number of aromatic nitrogens is 2. The van der Waals surface area contributed by atoms with Crippen molar-refractivity contribution in [1.82, 2.24) is 9.97 Å². The van der Waals surface area contributed by atoms with Crippen molar-refractivity contribution in [2.75, 3.05) is 0 Å². The molecule has 0 spiro atoms. The van der Waals surface area contributed by atoms with Crippen LogP contribution in [-0.2, 0) is 0 Å². The van der Waals surface area contributed by atoms with E-state index in [9.17, 15) is 9.59 Å². The van der Waals surface area contributed by atoms with Gasteiger partial charge in [0.2, 0.25) is 0 Å². The molecule has 0 bridgehead atoms. The van der Waals surface area contributed by atoms with E-state index in [1.807, 2.05) is 13.8 Å². The highest BCUT2D eigenvalue weighted by atomic mass is 16.4. The number of hydrogen-bond donors (Lipinski definition) is 2. The lowest BCUT2D eigenvalue weighted by Crippen LogP contribution is -2.06. The lowest BCUT2D eigenvalue weighted by Gasteiger charge is -1.93. The zero-order chi connectivity index (χ0) is 11.1. The molecule has 0 saturated heterocycles. The van der Waals surface area contributed by atoms with Crippen molar-refractivity contribution in [3.8, 4) is 0 Å². The van der Waals surface area contributed by atoms with Crippen LogP contribution in [0.1, 0.15) is 34.8 Å². The normalized spacial score (nSPS) is 8.43. The van der Waals surface area contributed by atoms with Gasteiger partial charge in [0.15, 0.2) is 11.4 Å². The molecule has 6 nitrogen and oxygen atoms in total. The molecule has 0 aliphatic heterocycles. The van der Waals surface area contributed by atoms with Gasteiger partial charge in [-0.3, -0.25) is 0 Å². The third-order valence-corrected chi connectivity index (χ3v) is 1.11. The van der Waals surface area contributed by atoms with Gasteiger partial charge >= 0.3 is 11.9 Å². The Balaban J connectivity index is 0.000000791. The number of rotatable bonds is 2. The van der Waals surface area contributed by atoms with Crippen molar-refractivity contribution < 1.29 is 19.8 Å². The quantitative estimate of drug-likeness (QED) is 0.732. The second-order valence-corrected chi connectivity index (χ2v) is 1.90.